The number of anilines is 1. The van der Waals surface area contributed by atoms with E-state index in [-0.39, 0.29) is 29.6 Å². The largest absolute Gasteiger partial charge is 0.495 e. The fourth-order valence-electron chi connectivity index (χ4n) is 5.41. The zero-order chi connectivity index (χ0) is 27.7. The number of nitrogens with zero attached hydrogens (tertiary/aromatic N) is 3. The summed E-state index contributed by atoms with van der Waals surface area (Å²) in [5, 5.41) is 10.1. The lowest BCUT2D eigenvalue weighted by Gasteiger charge is -2.25. The first-order valence-corrected chi connectivity index (χ1v) is 13.7. The minimum atomic E-state index is -0.738. The molecule has 0 aliphatic heterocycles. The van der Waals surface area contributed by atoms with E-state index >= 15 is 4.39 Å². The van der Waals surface area contributed by atoms with E-state index < -0.39 is 12.0 Å². The SMILES string of the molecule is CCc1ncc(OC)cc1-c1ccc(NC(=O)[C@@H](NC(=O)c2ccnn2C(C)C)C(C2CC2)C2CC2)[nH+]c1F. The topological polar surface area (TPSA) is 112 Å². The summed E-state index contributed by atoms with van der Waals surface area (Å²) in [7, 11) is 1.54. The number of carbonyl (C=O) groups excluding carboxylic acids is 2. The molecular weight excluding hydrogens is 499 g/mol. The summed E-state index contributed by atoms with van der Waals surface area (Å²) in [5.74, 6) is 0.302. The quantitative estimate of drug-likeness (QED) is 0.357. The molecule has 10 heteroatoms. The number of H-pyrrole nitrogens is 1. The van der Waals surface area contributed by atoms with Crippen LogP contribution in [0.25, 0.3) is 11.1 Å². The van der Waals surface area contributed by atoms with Gasteiger partial charge in [0.2, 0.25) is 0 Å². The molecule has 3 aromatic heterocycles. The summed E-state index contributed by atoms with van der Waals surface area (Å²) in [5.41, 5.74) is 2.10. The Balaban J connectivity index is 1.39. The van der Waals surface area contributed by atoms with Gasteiger partial charge in [0.15, 0.2) is 0 Å². The van der Waals surface area contributed by atoms with Crippen molar-refractivity contribution in [1.82, 2.24) is 20.1 Å². The molecule has 2 fully saturated rings. The molecule has 0 bridgehead atoms. The van der Waals surface area contributed by atoms with Crippen molar-refractivity contribution in [2.24, 2.45) is 17.8 Å². The summed E-state index contributed by atoms with van der Waals surface area (Å²) in [6, 6.07) is 5.92. The summed E-state index contributed by atoms with van der Waals surface area (Å²) < 4.78 is 22.3. The molecular formula is C29H36FN6O3+. The number of halogens is 1. The van der Waals surface area contributed by atoms with Crippen LogP contribution in [-0.4, -0.2) is 39.7 Å². The van der Waals surface area contributed by atoms with Gasteiger partial charge in [0.1, 0.15) is 17.5 Å². The van der Waals surface area contributed by atoms with Gasteiger partial charge in [-0.2, -0.15) is 9.49 Å². The molecule has 2 amide bonds. The first-order valence-electron chi connectivity index (χ1n) is 13.7. The Hall–Kier alpha value is -3.82. The zero-order valence-corrected chi connectivity index (χ0v) is 22.8. The number of methoxy groups -OCH3 is 1. The molecule has 3 N–H and O–H groups in total. The van der Waals surface area contributed by atoms with E-state index in [1.165, 1.54) is 7.11 Å². The van der Waals surface area contributed by atoms with E-state index in [9.17, 15) is 9.59 Å². The Labute approximate surface area is 227 Å². The number of aromatic nitrogens is 4. The number of hydrogen-bond donors (Lipinski definition) is 2. The van der Waals surface area contributed by atoms with Gasteiger partial charge < -0.3 is 10.1 Å². The molecule has 0 saturated heterocycles. The van der Waals surface area contributed by atoms with Gasteiger partial charge in [-0.05, 0) is 81.9 Å². The van der Waals surface area contributed by atoms with Crippen LogP contribution in [0.3, 0.4) is 0 Å². The molecule has 0 spiro atoms. The van der Waals surface area contributed by atoms with E-state index in [0.717, 1.165) is 31.4 Å². The van der Waals surface area contributed by atoms with Crippen molar-refractivity contribution in [1.29, 1.82) is 0 Å². The number of ether oxygens (including phenoxy) is 1. The summed E-state index contributed by atoms with van der Waals surface area (Å²) in [6.07, 6.45) is 8.02. The van der Waals surface area contributed by atoms with Gasteiger partial charge in [0.05, 0.1) is 18.9 Å². The predicted molar refractivity (Wildman–Crippen MR) is 144 cm³/mol. The third kappa shape index (κ3) is 5.79. The van der Waals surface area contributed by atoms with Crippen LogP contribution in [0.15, 0.2) is 36.7 Å². The van der Waals surface area contributed by atoms with E-state index in [1.807, 2.05) is 20.8 Å². The molecule has 39 heavy (non-hydrogen) atoms. The van der Waals surface area contributed by atoms with Crippen LogP contribution < -0.4 is 20.4 Å². The number of aromatic amines is 1. The highest BCUT2D eigenvalue weighted by atomic mass is 19.1. The number of rotatable bonds is 11. The van der Waals surface area contributed by atoms with Crippen LogP contribution in [0.1, 0.15) is 68.7 Å². The summed E-state index contributed by atoms with van der Waals surface area (Å²) in [6.45, 7) is 5.85. The van der Waals surface area contributed by atoms with Crippen LogP contribution in [0.5, 0.6) is 5.75 Å². The summed E-state index contributed by atoms with van der Waals surface area (Å²) in [4.78, 5) is 34.1. The Morgan fingerprint density at radius 2 is 1.87 bits per heavy atom. The van der Waals surface area contributed by atoms with Crippen molar-refractivity contribution >= 4 is 17.6 Å². The molecule has 2 saturated carbocycles. The van der Waals surface area contributed by atoms with Gasteiger partial charge in [0.25, 0.3) is 17.7 Å². The predicted octanol–water partition coefficient (Wildman–Crippen LogP) is 4.22. The molecule has 5 rings (SSSR count). The molecule has 3 heterocycles. The maximum Gasteiger partial charge on any atom is 0.330 e. The lowest BCUT2D eigenvalue weighted by molar-refractivity contribution is -0.404. The fourth-order valence-corrected chi connectivity index (χ4v) is 5.41. The molecule has 0 unspecified atom stereocenters. The second-order valence-corrected chi connectivity index (χ2v) is 10.8. The Kier molecular flexibility index (Phi) is 7.63. The van der Waals surface area contributed by atoms with Gasteiger partial charge in [-0.25, -0.2) is 15.1 Å². The third-order valence-electron chi connectivity index (χ3n) is 7.64. The van der Waals surface area contributed by atoms with Gasteiger partial charge in [-0.15, -0.1) is 0 Å². The van der Waals surface area contributed by atoms with Gasteiger partial charge >= 0.3 is 5.91 Å². The zero-order valence-electron chi connectivity index (χ0n) is 22.8. The van der Waals surface area contributed by atoms with Crippen molar-refractivity contribution in [2.45, 2.75) is 65.0 Å². The molecule has 2 aliphatic carbocycles. The van der Waals surface area contributed by atoms with Crippen molar-refractivity contribution in [2.75, 3.05) is 12.4 Å². The maximum absolute atomic E-state index is 15.3. The van der Waals surface area contributed by atoms with Gasteiger partial charge in [-0.3, -0.25) is 14.5 Å². The molecule has 0 aromatic carbocycles. The van der Waals surface area contributed by atoms with Gasteiger partial charge in [0, 0.05) is 29.6 Å². The number of amides is 2. The molecule has 206 valence electrons. The number of carbonyl (C=O) groups is 2. The van der Waals surface area contributed by atoms with Crippen LogP contribution in [0, 0.1) is 23.7 Å². The summed E-state index contributed by atoms with van der Waals surface area (Å²) >= 11 is 0. The van der Waals surface area contributed by atoms with E-state index in [1.54, 1.807) is 41.3 Å². The third-order valence-corrected chi connectivity index (χ3v) is 7.64. The lowest BCUT2D eigenvalue weighted by atomic mass is 9.88. The highest BCUT2D eigenvalue weighted by Crippen LogP contribution is 2.51. The normalized spacial score (nSPS) is 15.9. The van der Waals surface area contributed by atoms with Crippen LogP contribution in [-0.2, 0) is 11.2 Å². The van der Waals surface area contributed by atoms with Crippen molar-refractivity contribution in [3.8, 4) is 16.9 Å². The molecule has 2 aliphatic rings. The average molecular weight is 536 g/mol. The molecule has 0 radical (unpaired) electrons. The first kappa shape index (κ1) is 26.8. The average Bonchev–Trinajstić information content (AvgIpc) is 3.87. The first-order chi connectivity index (χ1) is 18.8. The lowest BCUT2D eigenvalue weighted by Crippen LogP contribution is -2.50. The minimum absolute atomic E-state index is 0.000200. The smallest absolute Gasteiger partial charge is 0.330 e. The fraction of sp³-hybridized carbons (Fsp3) is 0.483. The number of pyridine rings is 2. The van der Waals surface area contributed by atoms with Gasteiger partial charge in [-0.1, -0.05) is 6.92 Å². The second kappa shape index (κ2) is 11.1. The molecule has 1 atom stereocenters. The standard InChI is InChI=1S/C29H35FN6O3/c1-5-22-21(14-19(39-4)15-31-22)20-10-11-24(33-27(20)30)34-29(38)26(25(17-6-7-17)18-8-9-18)35-28(37)23-12-13-32-36(23)16(2)3/h10-18,25-26H,5-9H2,1-4H3,(H,35,37)(H,33,34,38)/p+1/t26-/m0/s1. The van der Waals surface area contributed by atoms with Crippen molar-refractivity contribution in [3.05, 3.63) is 54.0 Å². The number of aryl methyl sites for hydroxylation is 1. The monoisotopic (exact) mass is 535 g/mol. The van der Waals surface area contributed by atoms with Crippen LogP contribution in [0.4, 0.5) is 10.2 Å². The minimum Gasteiger partial charge on any atom is -0.495 e. The Morgan fingerprint density at radius 3 is 2.46 bits per heavy atom. The molecule has 3 aromatic rings. The van der Waals surface area contributed by atoms with E-state index in [2.05, 4.69) is 25.7 Å². The van der Waals surface area contributed by atoms with E-state index in [4.69, 9.17) is 4.74 Å². The second-order valence-electron chi connectivity index (χ2n) is 10.8. The highest BCUT2D eigenvalue weighted by Gasteiger charge is 2.49. The maximum atomic E-state index is 15.3. The Bertz CT molecular complexity index is 1350. The molecule has 9 nitrogen and oxygen atoms in total. The van der Waals surface area contributed by atoms with E-state index in [0.29, 0.717) is 40.8 Å². The van der Waals surface area contributed by atoms with Crippen molar-refractivity contribution < 1.29 is 23.7 Å². The van der Waals surface area contributed by atoms with Crippen LogP contribution in [0.2, 0.25) is 0 Å². The number of hydrogen-bond acceptors (Lipinski definition) is 5. The van der Waals surface area contributed by atoms with Crippen LogP contribution >= 0.6 is 0 Å². The Morgan fingerprint density at radius 1 is 1.15 bits per heavy atom. The highest BCUT2D eigenvalue weighted by molar-refractivity contribution is 6.00. The van der Waals surface area contributed by atoms with Crippen molar-refractivity contribution in [3.63, 3.8) is 0 Å². The number of nitrogens with one attached hydrogen (secondary N) is 3.